The van der Waals surface area contributed by atoms with Gasteiger partial charge in [-0.2, -0.15) is 0 Å². The highest BCUT2D eigenvalue weighted by molar-refractivity contribution is 5.81. The fourth-order valence-corrected chi connectivity index (χ4v) is 1.26. The molecule has 1 aromatic rings. The van der Waals surface area contributed by atoms with Crippen LogP contribution in [0.2, 0.25) is 0 Å². The van der Waals surface area contributed by atoms with Crippen LogP contribution in [0.5, 0.6) is 5.75 Å². The number of hydrogen-bond acceptors (Lipinski definition) is 4. The molecular weight excluding hydrogens is 226 g/mol. The molecule has 6 heteroatoms. The number of nitrogens with one attached hydrogen (secondary N) is 1. The Morgan fingerprint density at radius 1 is 1.24 bits per heavy atom. The van der Waals surface area contributed by atoms with Gasteiger partial charge < -0.3 is 19.9 Å². The number of methoxy groups -OCH3 is 2. The zero-order chi connectivity index (χ0) is 12.8. The Hall–Kier alpha value is -2.24. The summed E-state index contributed by atoms with van der Waals surface area (Å²) < 4.78 is 9.31. The molecule has 0 fully saturated rings. The first-order valence-electron chi connectivity index (χ1n) is 4.79. The van der Waals surface area contributed by atoms with Gasteiger partial charge in [-0.15, -0.1) is 0 Å². The Balaban J connectivity index is 2.89. The highest BCUT2D eigenvalue weighted by Crippen LogP contribution is 2.18. The Kier molecular flexibility index (Phi) is 4.33. The second-order valence-corrected chi connectivity index (χ2v) is 3.18. The average Bonchev–Trinajstić information content (AvgIpc) is 2.35. The molecule has 17 heavy (non-hydrogen) atoms. The maximum absolute atomic E-state index is 11.0. The molecule has 0 saturated carbocycles. The van der Waals surface area contributed by atoms with Gasteiger partial charge in [-0.25, -0.2) is 9.59 Å². The van der Waals surface area contributed by atoms with E-state index in [0.29, 0.717) is 11.3 Å². The third-order valence-electron chi connectivity index (χ3n) is 2.14. The van der Waals surface area contributed by atoms with Gasteiger partial charge in [0.25, 0.3) is 0 Å². The molecule has 2 N–H and O–H groups in total. The van der Waals surface area contributed by atoms with Gasteiger partial charge in [-0.3, -0.25) is 0 Å². The van der Waals surface area contributed by atoms with Crippen LogP contribution in [0.15, 0.2) is 24.3 Å². The number of alkyl carbamates (subject to hydrolysis) is 1. The van der Waals surface area contributed by atoms with Gasteiger partial charge in [0.2, 0.25) is 0 Å². The van der Waals surface area contributed by atoms with Gasteiger partial charge in [0.15, 0.2) is 6.04 Å². The molecule has 0 aliphatic carbocycles. The van der Waals surface area contributed by atoms with Crippen LogP contribution in [0.4, 0.5) is 4.79 Å². The van der Waals surface area contributed by atoms with Crippen molar-refractivity contribution in [3.8, 4) is 5.75 Å². The normalized spacial score (nSPS) is 11.4. The highest BCUT2D eigenvalue weighted by atomic mass is 16.5. The van der Waals surface area contributed by atoms with Crippen molar-refractivity contribution < 1.29 is 24.2 Å². The van der Waals surface area contributed by atoms with Crippen LogP contribution in [-0.2, 0) is 9.53 Å². The lowest BCUT2D eigenvalue weighted by Crippen LogP contribution is -2.33. The smallest absolute Gasteiger partial charge is 0.407 e. The van der Waals surface area contributed by atoms with E-state index in [4.69, 9.17) is 9.84 Å². The largest absolute Gasteiger partial charge is 0.497 e. The monoisotopic (exact) mass is 239 g/mol. The Morgan fingerprint density at radius 2 is 1.82 bits per heavy atom. The maximum atomic E-state index is 11.0. The van der Waals surface area contributed by atoms with Crippen molar-refractivity contribution in [3.05, 3.63) is 29.8 Å². The lowest BCUT2D eigenvalue weighted by atomic mass is 10.1. The van der Waals surface area contributed by atoms with Gasteiger partial charge in [-0.1, -0.05) is 12.1 Å². The fourth-order valence-electron chi connectivity index (χ4n) is 1.26. The number of amides is 1. The predicted octanol–water partition coefficient (Wildman–Crippen LogP) is 1.18. The summed E-state index contributed by atoms with van der Waals surface area (Å²) in [7, 11) is 2.68. The molecule has 0 aliphatic rings. The summed E-state index contributed by atoms with van der Waals surface area (Å²) in [4.78, 5) is 22.0. The minimum atomic E-state index is -1.17. The Bertz CT molecular complexity index is 401. The molecule has 0 aliphatic heterocycles. The van der Waals surface area contributed by atoms with Gasteiger partial charge in [0, 0.05) is 0 Å². The number of hydrogen-bond donors (Lipinski definition) is 2. The zero-order valence-corrected chi connectivity index (χ0v) is 9.47. The lowest BCUT2D eigenvalue weighted by molar-refractivity contribution is -0.139. The summed E-state index contributed by atoms with van der Waals surface area (Å²) in [6.07, 6.45) is -0.798. The molecule has 1 atom stereocenters. The Labute approximate surface area is 98.2 Å². The molecule has 1 aromatic carbocycles. The van der Waals surface area contributed by atoms with E-state index in [1.165, 1.54) is 14.2 Å². The minimum absolute atomic E-state index is 0.434. The number of carbonyl (C=O) groups excluding carboxylic acids is 1. The van der Waals surface area contributed by atoms with Gasteiger partial charge in [0.1, 0.15) is 5.75 Å². The van der Waals surface area contributed by atoms with E-state index < -0.39 is 18.1 Å². The summed E-state index contributed by atoms with van der Waals surface area (Å²) >= 11 is 0. The number of rotatable bonds is 4. The van der Waals surface area contributed by atoms with E-state index >= 15 is 0 Å². The van der Waals surface area contributed by atoms with E-state index in [1.54, 1.807) is 24.3 Å². The first-order chi connectivity index (χ1) is 8.08. The average molecular weight is 239 g/mol. The van der Waals surface area contributed by atoms with E-state index in [2.05, 4.69) is 10.1 Å². The molecule has 1 amide bonds. The van der Waals surface area contributed by atoms with Gasteiger partial charge in [0.05, 0.1) is 14.2 Å². The van der Waals surface area contributed by atoms with Crippen LogP contribution in [0, 0.1) is 0 Å². The number of aliphatic carboxylic acids is 1. The third-order valence-corrected chi connectivity index (χ3v) is 2.14. The SMILES string of the molecule is COC(=O)NC(C(=O)O)c1ccc(OC)cc1. The standard InChI is InChI=1S/C11H13NO5/c1-16-8-5-3-7(4-6-8)9(10(13)14)12-11(15)17-2/h3-6,9H,1-2H3,(H,12,15)(H,13,14). The maximum Gasteiger partial charge on any atom is 0.407 e. The van der Waals surface area contributed by atoms with Gasteiger partial charge >= 0.3 is 12.1 Å². The molecular formula is C11H13NO5. The predicted molar refractivity (Wildman–Crippen MR) is 58.9 cm³/mol. The molecule has 6 nitrogen and oxygen atoms in total. The van der Waals surface area contributed by atoms with Crippen molar-refractivity contribution in [2.45, 2.75) is 6.04 Å². The van der Waals surface area contributed by atoms with Crippen LogP contribution < -0.4 is 10.1 Å². The number of carboxylic acid groups (broad SMARTS) is 1. The van der Waals surface area contributed by atoms with E-state index in [9.17, 15) is 9.59 Å². The molecule has 0 saturated heterocycles. The van der Waals surface area contributed by atoms with Crippen LogP contribution in [-0.4, -0.2) is 31.4 Å². The van der Waals surface area contributed by atoms with Crippen molar-refractivity contribution >= 4 is 12.1 Å². The van der Waals surface area contributed by atoms with Crippen molar-refractivity contribution in [2.24, 2.45) is 0 Å². The molecule has 1 unspecified atom stereocenters. The van der Waals surface area contributed by atoms with Crippen molar-refractivity contribution in [3.63, 3.8) is 0 Å². The molecule has 92 valence electrons. The highest BCUT2D eigenvalue weighted by Gasteiger charge is 2.22. The van der Waals surface area contributed by atoms with Crippen LogP contribution in [0.3, 0.4) is 0 Å². The van der Waals surface area contributed by atoms with Gasteiger partial charge in [-0.05, 0) is 17.7 Å². The molecule has 1 rings (SSSR count). The molecule has 0 aromatic heterocycles. The second kappa shape index (κ2) is 5.74. The van der Waals surface area contributed by atoms with Crippen LogP contribution >= 0.6 is 0 Å². The lowest BCUT2D eigenvalue weighted by Gasteiger charge is -2.14. The van der Waals surface area contributed by atoms with Crippen LogP contribution in [0.1, 0.15) is 11.6 Å². The van der Waals surface area contributed by atoms with E-state index in [0.717, 1.165) is 0 Å². The second-order valence-electron chi connectivity index (χ2n) is 3.18. The van der Waals surface area contributed by atoms with Crippen molar-refractivity contribution in [1.29, 1.82) is 0 Å². The molecule has 0 bridgehead atoms. The van der Waals surface area contributed by atoms with Crippen molar-refractivity contribution in [1.82, 2.24) is 5.32 Å². The molecule has 0 radical (unpaired) electrons. The van der Waals surface area contributed by atoms with E-state index in [-0.39, 0.29) is 0 Å². The summed E-state index contributed by atoms with van der Waals surface area (Å²) in [5.74, 6) is -0.559. The Morgan fingerprint density at radius 3 is 2.24 bits per heavy atom. The summed E-state index contributed by atoms with van der Waals surface area (Å²) in [5, 5.41) is 11.2. The number of benzene rings is 1. The third kappa shape index (κ3) is 3.37. The zero-order valence-electron chi connectivity index (χ0n) is 9.47. The summed E-state index contributed by atoms with van der Waals surface area (Å²) in [6.45, 7) is 0. The summed E-state index contributed by atoms with van der Waals surface area (Å²) in [5.41, 5.74) is 0.434. The minimum Gasteiger partial charge on any atom is -0.497 e. The van der Waals surface area contributed by atoms with Crippen LogP contribution in [0.25, 0.3) is 0 Å². The van der Waals surface area contributed by atoms with E-state index in [1.807, 2.05) is 0 Å². The van der Waals surface area contributed by atoms with Crippen molar-refractivity contribution in [2.75, 3.05) is 14.2 Å². The first kappa shape index (κ1) is 12.8. The number of ether oxygens (including phenoxy) is 2. The quantitative estimate of drug-likeness (QED) is 0.824. The summed E-state index contributed by atoms with van der Waals surface area (Å²) in [6, 6.07) is 5.21. The number of carbonyl (C=O) groups is 2. The number of carboxylic acids is 1. The molecule has 0 spiro atoms. The first-order valence-corrected chi connectivity index (χ1v) is 4.79. The topological polar surface area (TPSA) is 84.9 Å². The molecule has 0 heterocycles. The fraction of sp³-hybridized carbons (Fsp3) is 0.273.